The van der Waals surface area contributed by atoms with E-state index in [4.69, 9.17) is 0 Å². The van der Waals surface area contributed by atoms with Gasteiger partial charge in [0.1, 0.15) is 0 Å². The Balaban J connectivity index is 3.30. The highest BCUT2D eigenvalue weighted by Gasteiger charge is 2.24. The zero-order valence-electron chi connectivity index (χ0n) is 10.7. The third kappa shape index (κ3) is 3.74. The Labute approximate surface area is 113 Å². The first kappa shape index (κ1) is 16.1. The molecule has 19 heavy (non-hydrogen) atoms. The Kier molecular flexibility index (Phi) is 5.05. The molecule has 1 aromatic carbocycles. The largest absolute Gasteiger partial charge is 0.332 e. The van der Waals surface area contributed by atoms with Gasteiger partial charge in [-0.3, -0.25) is 0 Å². The van der Waals surface area contributed by atoms with Gasteiger partial charge in [0, 0.05) is 13.1 Å². The summed E-state index contributed by atoms with van der Waals surface area (Å²) < 4.78 is 60.2. The van der Waals surface area contributed by atoms with Crippen molar-refractivity contribution in [2.75, 3.05) is 13.1 Å². The van der Waals surface area contributed by atoms with E-state index in [1.54, 1.807) is 6.92 Å². The molecule has 0 saturated heterocycles. The Hall–Kier alpha value is -0.990. The lowest BCUT2D eigenvalue weighted by Crippen LogP contribution is -2.31. The van der Waals surface area contributed by atoms with Gasteiger partial charge in [-0.2, -0.15) is 12.7 Å². The van der Waals surface area contributed by atoms with Crippen LogP contribution < -0.4 is 0 Å². The standard InChI is InChI=1S/C11H16FNO4S2/c1-3-8-13(4-2)19(16,17)11-7-5-6-10(9-11)18(12,14)15/h5-7,9H,3-4,8H2,1-2H3. The second-order valence-electron chi connectivity index (χ2n) is 3.91. The molecule has 1 rings (SSSR count). The maximum absolute atomic E-state index is 12.9. The maximum Gasteiger partial charge on any atom is 0.332 e. The topological polar surface area (TPSA) is 71.5 Å². The zero-order chi connectivity index (χ0) is 14.7. The summed E-state index contributed by atoms with van der Waals surface area (Å²) in [6.45, 7) is 4.11. The van der Waals surface area contributed by atoms with Gasteiger partial charge in [-0.05, 0) is 24.6 Å². The first-order valence-corrected chi connectivity index (χ1v) is 8.60. The lowest BCUT2D eigenvalue weighted by Gasteiger charge is -2.19. The second-order valence-corrected chi connectivity index (χ2v) is 7.19. The molecule has 0 atom stereocenters. The average Bonchev–Trinajstić information content (AvgIpc) is 2.34. The molecule has 0 aliphatic rings. The minimum absolute atomic E-state index is 0.221. The van der Waals surface area contributed by atoms with Crippen LogP contribution in [0.25, 0.3) is 0 Å². The van der Waals surface area contributed by atoms with E-state index in [0.717, 1.165) is 12.1 Å². The minimum atomic E-state index is -4.91. The van der Waals surface area contributed by atoms with Crippen LogP contribution in [-0.4, -0.2) is 34.2 Å². The summed E-state index contributed by atoms with van der Waals surface area (Å²) in [5.41, 5.74) is 0. The summed E-state index contributed by atoms with van der Waals surface area (Å²) in [6, 6.07) is 4.31. The van der Waals surface area contributed by atoms with E-state index in [0.29, 0.717) is 13.0 Å². The van der Waals surface area contributed by atoms with E-state index >= 15 is 0 Å². The molecule has 0 heterocycles. The van der Waals surface area contributed by atoms with Crippen LogP contribution >= 0.6 is 0 Å². The Bertz CT molecular complexity index is 640. The van der Waals surface area contributed by atoms with Crippen LogP contribution in [0.5, 0.6) is 0 Å². The van der Waals surface area contributed by atoms with Gasteiger partial charge < -0.3 is 0 Å². The van der Waals surface area contributed by atoms with Gasteiger partial charge >= 0.3 is 10.2 Å². The van der Waals surface area contributed by atoms with Gasteiger partial charge in [-0.15, -0.1) is 3.89 Å². The number of hydrogen-bond donors (Lipinski definition) is 0. The zero-order valence-corrected chi connectivity index (χ0v) is 12.3. The van der Waals surface area contributed by atoms with Crippen LogP contribution in [0.4, 0.5) is 3.89 Å². The summed E-state index contributed by atoms with van der Waals surface area (Å²) in [5.74, 6) is 0. The first-order chi connectivity index (χ1) is 8.73. The van der Waals surface area contributed by atoms with Crippen LogP contribution in [0, 0.1) is 0 Å². The average molecular weight is 309 g/mol. The highest BCUT2D eigenvalue weighted by molar-refractivity contribution is 7.89. The Morgan fingerprint density at radius 1 is 1.11 bits per heavy atom. The maximum atomic E-state index is 12.9. The van der Waals surface area contributed by atoms with Gasteiger partial charge in [0.2, 0.25) is 10.0 Å². The van der Waals surface area contributed by atoms with Crippen molar-refractivity contribution in [2.24, 2.45) is 0 Å². The number of benzene rings is 1. The fourth-order valence-electron chi connectivity index (χ4n) is 1.63. The van der Waals surface area contributed by atoms with Gasteiger partial charge in [-0.25, -0.2) is 8.42 Å². The molecule has 0 aromatic heterocycles. The summed E-state index contributed by atoms with van der Waals surface area (Å²) in [4.78, 5) is -0.873. The van der Waals surface area contributed by atoms with Crippen molar-refractivity contribution in [2.45, 2.75) is 30.1 Å². The Morgan fingerprint density at radius 2 is 1.68 bits per heavy atom. The number of hydrogen-bond acceptors (Lipinski definition) is 4. The van der Waals surface area contributed by atoms with Crippen molar-refractivity contribution in [1.29, 1.82) is 0 Å². The van der Waals surface area contributed by atoms with E-state index in [2.05, 4.69) is 0 Å². The fraction of sp³-hybridized carbons (Fsp3) is 0.455. The molecule has 0 unspecified atom stereocenters. The molecule has 0 aliphatic heterocycles. The molecule has 0 radical (unpaired) electrons. The van der Waals surface area contributed by atoms with E-state index in [9.17, 15) is 20.7 Å². The predicted octanol–water partition coefficient (Wildman–Crippen LogP) is 1.77. The van der Waals surface area contributed by atoms with Crippen LogP contribution in [0.15, 0.2) is 34.1 Å². The molecule has 0 bridgehead atoms. The van der Waals surface area contributed by atoms with Gasteiger partial charge in [-0.1, -0.05) is 19.9 Å². The quantitative estimate of drug-likeness (QED) is 0.751. The van der Waals surface area contributed by atoms with Crippen LogP contribution in [-0.2, 0) is 20.2 Å². The van der Waals surface area contributed by atoms with Crippen molar-refractivity contribution in [3.8, 4) is 0 Å². The second kappa shape index (κ2) is 5.98. The highest BCUT2D eigenvalue weighted by Crippen LogP contribution is 2.20. The number of rotatable bonds is 6. The molecule has 0 aliphatic carbocycles. The third-order valence-electron chi connectivity index (χ3n) is 2.55. The summed E-state index contributed by atoms with van der Waals surface area (Å²) in [6.07, 6.45) is 0.633. The minimum Gasteiger partial charge on any atom is -0.207 e. The van der Waals surface area contributed by atoms with Gasteiger partial charge in [0.15, 0.2) is 0 Å². The van der Waals surface area contributed by atoms with Crippen molar-refractivity contribution < 1.29 is 20.7 Å². The third-order valence-corrected chi connectivity index (χ3v) is 5.34. The lowest BCUT2D eigenvalue weighted by molar-refractivity contribution is 0.427. The molecule has 0 amide bonds. The van der Waals surface area contributed by atoms with E-state index < -0.39 is 25.1 Å². The molecule has 0 N–H and O–H groups in total. The van der Waals surface area contributed by atoms with Gasteiger partial charge in [0.05, 0.1) is 9.79 Å². The first-order valence-electron chi connectivity index (χ1n) is 5.78. The number of nitrogens with zero attached hydrogens (tertiary/aromatic N) is 1. The summed E-state index contributed by atoms with van der Waals surface area (Å²) >= 11 is 0. The van der Waals surface area contributed by atoms with Crippen molar-refractivity contribution >= 4 is 20.2 Å². The molecule has 0 fully saturated rings. The van der Waals surface area contributed by atoms with E-state index in [1.807, 2.05) is 6.92 Å². The molecule has 5 nitrogen and oxygen atoms in total. The predicted molar refractivity (Wildman–Crippen MR) is 69.5 cm³/mol. The van der Waals surface area contributed by atoms with Crippen molar-refractivity contribution in [3.63, 3.8) is 0 Å². The monoisotopic (exact) mass is 309 g/mol. The van der Waals surface area contributed by atoms with E-state index in [-0.39, 0.29) is 11.4 Å². The van der Waals surface area contributed by atoms with Crippen molar-refractivity contribution in [3.05, 3.63) is 24.3 Å². The molecule has 8 heteroatoms. The van der Waals surface area contributed by atoms with Crippen LogP contribution in [0.1, 0.15) is 20.3 Å². The molecule has 0 spiro atoms. The summed E-state index contributed by atoms with van der Waals surface area (Å²) in [5, 5.41) is 0. The normalized spacial score (nSPS) is 12.8. The van der Waals surface area contributed by atoms with Crippen molar-refractivity contribution in [1.82, 2.24) is 4.31 Å². The lowest BCUT2D eigenvalue weighted by atomic mass is 10.4. The van der Waals surface area contributed by atoms with Gasteiger partial charge in [0.25, 0.3) is 0 Å². The number of halogens is 1. The highest BCUT2D eigenvalue weighted by atomic mass is 32.3. The molecule has 1 aromatic rings. The molecule has 108 valence electrons. The fourth-order valence-corrected chi connectivity index (χ4v) is 3.80. The molecule has 0 saturated carbocycles. The molecular formula is C11H16FNO4S2. The summed E-state index contributed by atoms with van der Waals surface area (Å²) in [7, 11) is -8.71. The Morgan fingerprint density at radius 3 is 2.16 bits per heavy atom. The molecular weight excluding hydrogens is 293 g/mol. The van der Waals surface area contributed by atoms with Crippen LogP contribution in [0.2, 0.25) is 0 Å². The smallest absolute Gasteiger partial charge is 0.207 e. The number of sulfonamides is 1. The van der Waals surface area contributed by atoms with Crippen LogP contribution in [0.3, 0.4) is 0 Å². The SMILES string of the molecule is CCCN(CC)S(=O)(=O)c1cccc(S(=O)(=O)F)c1. The van der Waals surface area contributed by atoms with E-state index in [1.165, 1.54) is 16.4 Å².